The van der Waals surface area contributed by atoms with Gasteiger partial charge in [0.2, 0.25) is 0 Å². The van der Waals surface area contributed by atoms with Crippen molar-refractivity contribution in [3.05, 3.63) is 16.6 Å². The molecule has 66 valence electrons. The van der Waals surface area contributed by atoms with Gasteiger partial charge in [0.15, 0.2) is 0 Å². The van der Waals surface area contributed by atoms with E-state index in [4.69, 9.17) is 0 Å². The zero-order chi connectivity index (χ0) is 8.55. The van der Waals surface area contributed by atoms with Gasteiger partial charge in [0.05, 0.1) is 11.2 Å². The number of nitrogens with zero attached hydrogens (tertiary/aromatic N) is 1. The van der Waals surface area contributed by atoms with Gasteiger partial charge >= 0.3 is 0 Å². The smallest absolute Gasteiger partial charge is 0.0795 e. The van der Waals surface area contributed by atoms with E-state index < -0.39 is 0 Å². The fourth-order valence-corrected chi connectivity index (χ4v) is 2.04. The average molecular weight is 182 g/mol. The Balaban J connectivity index is 1.89. The Hall–Kier alpha value is -0.410. The number of hydrogen-bond acceptors (Lipinski definition) is 3. The number of thiazole rings is 1. The molecule has 0 amide bonds. The first-order valence-corrected chi connectivity index (χ1v) is 5.36. The molecule has 1 fully saturated rings. The van der Waals surface area contributed by atoms with E-state index in [9.17, 15) is 0 Å². The largest absolute Gasteiger partial charge is 0.306 e. The monoisotopic (exact) mass is 182 g/mol. The molecule has 1 aliphatic carbocycles. The van der Waals surface area contributed by atoms with Gasteiger partial charge in [-0.2, -0.15) is 0 Å². The molecule has 1 N–H and O–H groups in total. The maximum atomic E-state index is 4.28. The van der Waals surface area contributed by atoms with Crippen LogP contribution in [0, 0.1) is 5.92 Å². The van der Waals surface area contributed by atoms with Crippen LogP contribution in [0.15, 0.2) is 10.9 Å². The predicted molar refractivity (Wildman–Crippen MR) is 51.2 cm³/mol. The first-order chi connectivity index (χ1) is 5.77. The Morgan fingerprint density at radius 1 is 1.75 bits per heavy atom. The summed E-state index contributed by atoms with van der Waals surface area (Å²) in [4.78, 5) is 4.28. The molecule has 1 aliphatic rings. The van der Waals surface area contributed by atoms with Crippen LogP contribution in [0.2, 0.25) is 0 Å². The lowest BCUT2D eigenvalue weighted by molar-refractivity contribution is 0.543. The minimum atomic E-state index is 0.422. The van der Waals surface area contributed by atoms with E-state index in [1.807, 2.05) is 5.51 Å². The minimum Gasteiger partial charge on any atom is -0.306 e. The highest BCUT2D eigenvalue weighted by Gasteiger charge is 2.33. The van der Waals surface area contributed by atoms with Crippen LogP contribution in [-0.2, 0) is 0 Å². The molecule has 1 saturated carbocycles. The van der Waals surface area contributed by atoms with Crippen LogP contribution < -0.4 is 5.32 Å². The van der Waals surface area contributed by atoms with Gasteiger partial charge < -0.3 is 5.32 Å². The van der Waals surface area contributed by atoms with Crippen LogP contribution in [0.25, 0.3) is 0 Å². The molecule has 3 unspecified atom stereocenters. The second-order valence-corrected chi connectivity index (χ2v) is 4.34. The van der Waals surface area contributed by atoms with E-state index in [0.717, 1.165) is 12.0 Å². The van der Waals surface area contributed by atoms with Gasteiger partial charge in [0, 0.05) is 17.5 Å². The number of aromatic nitrogens is 1. The molecule has 2 rings (SSSR count). The fourth-order valence-electron chi connectivity index (χ4n) is 1.40. The molecule has 1 aromatic heterocycles. The van der Waals surface area contributed by atoms with Gasteiger partial charge in [0.25, 0.3) is 0 Å². The Labute approximate surface area is 77.0 Å². The summed E-state index contributed by atoms with van der Waals surface area (Å²) in [6.07, 6.45) is 1.33. The number of hydrogen-bond donors (Lipinski definition) is 1. The summed E-state index contributed by atoms with van der Waals surface area (Å²) in [6, 6.07) is 1.16. The van der Waals surface area contributed by atoms with Crippen molar-refractivity contribution >= 4 is 11.3 Å². The van der Waals surface area contributed by atoms with Gasteiger partial charge in [-0.1, -0.05) is 6.92 Å². The van der Waals surface area contributed by atoms with E-state index in [2.05, 4.69) is 29.5 Å². The Kier molecular flexibility index (Phi) is 2.15. The van der Waals surface area contributed by atoms with Gasteiger partial charge in [-0.3, -0.25) is 0 Å². The highest BCUT2D eigenvalue weighted by Crippen LogP contribution is 2.31. The Morgan fingerprint density at radius 3 is 3.00 bits per heavy atom. The van der Waals surface area contributed by atoms with E-state index in [-0.39, 0.29) is 0 Å². The molecule has 0 bridgehead atoms. The van der Waals surface area contributed by atoms with Crippen LogP contribution in [0.5, 0.6) is 0 Å². The maximum absolute atomic E-state index is 4.28. The molecule has 12 heavy (non-hydrogen) atoms. The topological polar surface area (TPSA) is 24.9 Å². The van der Waals surface area contributed by atoms with E-state index >= 15 is 0 Å². The lowest BCUT2D eigenvalue weighted by Gasteiger charge is -2.09. The van der Waals surface area contributed by atoms with Crippen molar-refractivity contribution in [2.45, 2.75) is 32.4 Å². The molecule has 0 aromatic carbocycles. The molecular weight excluding hydrogens is 168 g/mol. The van der Waals surface area contributed by atoms with Gasteiger partial charge in [-0.15, -0.1) is 11.3 Å². The summed E-state index contributed by atoms with van der Waals surface area (Å²) in [5, 5.41) is 5.67. The highest BCUT2D eigenvalue weighted by molar-refractivity contribution is 7.07. The molecule has 0 saturated heterocycles. The summed E-state index contributed by atoms with van der Waals surface area (Å²) < 4.78 is 0. The third kappa shape index (κ3) is 1.67. The number of nitrogens with one attached hydrogen (secondary N) is 1. The van der Waals surface area contributed by atoms with Crippen LogP contribution in [0.4, 0.5) is 0 Å². The molecule has 3 atom stereocenters. The molecule has 3 heteroatoms. The molecule has 1 aromatic rings. The van der Waals surface area contributed by atoms with Crippen molar-refractivity contribution in [2.75, 3.05) is 0 Å². The van der Waals surface area contributed by atoms with Crippen molar-refractivity contribution in [3.63, 3.8) is 0 Å². The summed E-state index contributed by atoms with van der Waals surface area (Å²) in [6.45, 7) is 4.46. The molecule has 0 radical (unpaired) electrons. The van der Waals surface area contributed by atoms with Crippen LogP contribution in [-0.4, -0.2) is 11.0 Å². The maximum Gasteiger partial charge on any atom is 0.0795 e. The van der Waals surface area contributed by atoms with E-state index in [1.165, 1.54) is 12.1 Å². The first-order valence-electron chi connectivity index (χ1n) is 4.41. The van der Waals surface area contributed by atoms with Gasteiger partial charge in [-0.05, 0) is 19.3 Å². The average Bonchev–Trinajstić information content (AvgIpc) is 2.58. The normalized spacial score (nSPS) is 30.2. The molecule has 2 nitrogen and oxygen atoms in total. The number of rotatable bonds is 3. The molecule has 0 spiro atoms. The van der Waals surface area contributed by atoms with Crippen molar-refractivity contribution in [1.29, 1.82) is 0 Å². The SMILES string of the molecule is CC(NC1CC1C)c1cscn1. The quantitative estimate of drug-likeness (QED) is 0.775. The fraction of sp³-hybridized carbons (Fsp3) is 0.667. The van der Waals surface area contributed by atoms with Crippen molar-refractivity contribution in [2.24, 2.45) is 5.92 Å². The van der Waals surface area contributed by atoms with E-state index in [1.54, 1.807) is 11.3 Å². The minimum absolute atomic E-state index is 0.422. The molecule has 0 aliphatic heterocycles. The van der Waals surface area contributed by atoms with Crippen LogP contribution in [0.1, 0.15) is 32.0 Å². The Morgan fingerprint density at radius 2 is 2.50 bits per heavy atom. The van der Waals surface area contributed by atoms with Gasteiger partial charge in [-0.25, -0.2) is 4.98 Å². The third-order valence-corrected chi connectivity index (χ3v) is 3.07. The predicted octanol–water partition coefficient (Wildman–Crippen LogP) is 2.20. The third-order valence-electron chi connectivity index (χ3n) is 2.47. The summed E-state index contributed by atoms with van der Waals surface area (Å²) >= 11 is 1.67. The molecule has 1 heterocycles. The van der Waals surface area contributed by atoms with Crippen molar-refractivity contribution in [1.82, 2.24) is 10.3 Å². The molecular formula is C9H14N2S. The van der Waals surface area contributed by atoms with Crippen molar-refractivity contribution < 1.29 is 0 Å². The Bertz CT molecular complexity index is 245. The van der Waals surface area contributed by atoms with Crippen LogP contribution >= 0.6 is 11.3 Å². The van der Waals surface area contributed by atoms with E-state index in [0.29, 0.717) is 6.04 Å². The summed E-state index contributed by atoms with van der Waals surface area (Å²) in [5.41, 5.74) is 3.07. The summed E-state index contributed by atoms with van der Waals surface area (Å²) in [7, 11) is 0. The van der Waals surface area contributed by atoms with Crippen molar-refractivity contribution in [3.8, 4) is 0 Å². The van der Waals surface area contributed by atoms with Gasteiger partial charge in [0.1, 0.15) is 0 Å². The zero-order valence-electron chi connectivity index (χ0n) is 7.45. The highest BCUT2D eigenvalue weighted by atomic mass is 32.1. The zero-order valence-corrected chi connectivity index (χ0v) is 8.27. The lowest BCUT2D eigenvalue weighted by Crippen LogP contribution is -2.22. The first kappa shape index (κ1) is 8.20. The second kappa shape index (κ2) is 3.15. The van der Waals surface area contributed by atoms with Crippen LogP contribution in [0.3, 0.4) is 0 Å². The second-order valence-electron chi connectivity index (χ2n) is 3.62. The lowest BCUT2D eigenvalue weighted by atomic mass is 10.2. The summed E-state index contributed by atoms with van der Waals surface area (Å²) in [5.74, 6) is 0.867. The standard InChI is InChI=1S/C9H14N2S/c1-6-3-8(6)11-7(2)9-4-12-5-10-9/h4-8,11H,3H2,1-2H3.